The quantitative estimate of drug-likeness (QED) is 0.849. The van der Waals surface area contributed by atoms with E-state index in [1.165, 1.54) is 30.5 Å². The fourth-order valence-corrected chi connectivity index (χ4v) is 4.30. The minimum Gasteiger partial charge on any atom is -0.347 e. The minimum atomic E-state index is 0.0989. The van der Waals surface area contributed by atoms with E-state index < -0.39 is 0 Å². The summed E-state index contributed by atoms with van der Waals surface area (Å²) in [7, 11) is 3.99. The van der Waals surface area contributed by atoms with Crippen LogP contribution in [0.5, 0.6) is 0 Å². The maximum Gasteiger partial charge on any atom is 0.266 e. The Morgan fingerprint density at radius 1 is 1.24 bits per heavy atom. The maximum atomic E-state index is 5.48. The van der Waals surface area contributed by atoms with Gasteiger partial charge in [-0.25, -0.2) is 9.97 Å². The molecule has 3 heterocycles. The summed E-state index contributed by atoms with van der Waals surface area (Å²) in [5.41, 5.74) is 2.64. The predicted octanol–water partition coefficient (Wildman–Crippen LogP) is 2.29. The highest BCUT2D eigenvalue weighted by Crippen LogP contribution is 2.45. The van der Waals surface area contributed by atoms with Gasteiger partial charge >= 0.3 is 0 Å². The number of rotatable bonds is 3. The molecule has 25 heavy (non-hydrogen) atoms. The number of aromatic nitrogens is 4. The fourth-order valence-electron chi connectivity index (χ4n) is 4.30. The summed E-state index contributed by atoms with van der Waals surface area (Å²) in [5, 5.41) is 4.26. The molecule has 1 unspecified atom stereocenters. The Morgan fingerprint density at radius 2 is 2.12 bits per heavy atom. The van der Waals surface area contributed by atoms with Gasteiger partial charge in [0.2, 0.25) is 11.8 Å². The van der Waals surface area contributed by atoms with Crippen LogP contribution in [0.25, 0.3) is 0 Å². The second-order valence-corrected chi connectivity index (χ2v) is 7.95. The van der Waals surface area contributed by atoms with Crippen molar-refractivity contribution in [3.63, 3.8) is 0 Å². The van der Waals surface area contributed by atoms with Gasteiger partial charge in [-0.05, 0) is 49.2 Å². The van der Waals surface area contributed by atoms with Crippen LogP contribution in [0.1, 0.15) is 55.2 Å². The van der Waals surface area contributed by atoms with E-state index in [-0.39, 0.29) is 5.41 Å². The number of aryl methyl sites for hydroxylation is 1. The van der Waals surface area contributed by atoms with E-state index in [0.717, 1.165) is 50.1 Å². The second-order valence-electron chi connectivity index (χ2n) is 7.95. The summed E-state index contributed by atoms with van der Waals surface area (Å²) in [5.74, 6) is 2.88. The lowest BCUT2D eigenvalue weighted by Gasteiger charge is -2.40. The van der Waals surface area contributed by atoms with Crippen LogP contribution >= 0.6 is 0 Å². The average molecular weight is 340 g/mol. The smallest absolute Gasteiger partial charge is 0.266 e. The van der Waals surface area contributed by atoms with Gasteiger partial charge in [0.05, 0.1) is 5.69 Å². The van der Waals surface area contributed by atoms with E-state index >= 15 is 0 Å². The molecular formula is C18H24N6O. The molecule has 0 amide bonds. The Kier molecular flexibility index (Phi) is 3.27. The first-order valence-corrected chi connectivity index (χ1v) is 9.27. The van der Waals surface area contributed by atoms with Gasteiger partial charge in [-0.1, -0.05) is 0 Å². The average Bonchev–Trinajstić information content (AvgIpc) is 3.26. The molecule has 0 aromatic carbocycles. The van der Waals surface area contributed by atoms with Crippen molar-refractivity contribution in [2.75, 3.05) is 37.0 Å². The third kappa shape index (κ3) is 2.48. The standard InChI is InChI=1S/C18H24N6O/c1-23(2)16-19-10-13-6-8-18(14(13)20-16)7-3-9-24(11-18)17-21-15(25-22-17)12-4-5-12/h10,12H,3-9,11H2,1-2H3. The molecule has 0 bridgehead atoms. The first kappa shape index (κ1) is 15.1. The molecule has 1 saturated carbocycles. The maximum absolute atomic E-state index is 5.48. The van der Waals surface area contributed by atoms with E-state index in [0.29, 0.717) is 5.92 Å². The summed E-state index contributed by atoms with van der Waals surface area (Å²) in [6.07, 6.45) is 8.90. The van der Waals surface area contributed by atoms with Crippen LogP contribution in [-0.2, 0) is 11.8 Å². The van der Waals surface area contributed by atoms with Crippen LogP contribution in [0.4, 0.5) is 11.9 Å². The SMILES string of the molecule is CN(C)c1ncc2c(n1)C1(CCCN(c3noc(C4CC4)n3)C1)CC2. The van der Waals surface area contributed by atoms with E-state index in [1.807, 2.05) is 25.2 Å². The normalized spacial score (nSPS) is 25.4. The summed E-state index contributed by atoms with van der Waals surface area (Å²) >= 11 is 0. The molecule has 1 saturated heterocycles. The summed E-state index contributed by atoms with van der Waals surface area (Å²) in [4.78, 5) is 18.4. The van der Waals surface area contributed by atoms with Crippen LogP contribution < -0.4 is 9.80 Å². The Labute approximate surface area is 147 Å². The molecule has 0 radical (unpaired) electrons. The molecule has 2 aliphatic carbocycles. The number of anilines is 2. The first-order valence-electron chi connectivity index (χ1n) is 9.27. The molecule has 0 N–H and O–H groups in total. The number of nitrogens with zero attached hydrogens (tertiary/aromatic N) is 6. The van der Waals surface area contributed by atoms with Crippen molar-refractivity contribution in [3.05, 3.63) is 23.3 Å². The lowest BCUT2D eigenvalue weighted by atomic mass is 9.77. The van der Waals surface area contributed by atoms with Crippen molar-refractivity contribution < 1.29 is 4.52 Å². The Morgan fingerprint density at radius 3 is 2.92 bits per heavy atom. The molecular weight excluding hydrogens is 316 g/mol. The first-order chi connectivity index (χ1) is 12.1. The molecule has 2 fully saturated rings. The molecule has 7 nitrogen and oxygen atoms in total. The van der Waals surface area contributed by atoms with Gasteiger partial charge < -0.3 is 14.3 Å². The number of piperidine rings is 1. The lowest BCUT2D eigenvalue weighted by molar-refractivity contribution is 0.327. The molecule has 1 aliphatic heterocycles. The van der Waals surface area contributed by atoms with E-state index in [4.69, 9.17) is 9.51 Å². The predicted molar refractivity (Wildman–Crippen MR) is 94.1 cm³/mol. The van der Waals surface area contributed by atoms with Crippen molar-refractivity contribution in [1.82, 2.24) is 20.1 Å². The van der Waals surface area contributed by atoms with E-state index in [2.05, 4.69) is 20.0 Å². The minimum absolute atomic E-state index is 0.0989. The van der Waals surface area contributed by atoms with E-state index in [9.17, 15) is 0 Å². The zero-order valence-electron chi connectivity index (χ0n) is 14.9. The highest BCUT2D eigenvalue weighted by Gasteiger charge is 2.45. The molecule has 2 aromatic heterocycles. The topological polar surface area (TPSA) is 71.2 Å². The van der Waals surface area contributed by atoms with Crippen LogP contribution in [0.3, 0.4) is 0 Å². The zero-order chi connectivity index (χ0) is 17.0. The van der Waals surface area contributed by atoms with Gasteiger partial charge in [0.25, 0.3) is 5.95 Å². The highest BCUT2D eigenvalue weighted by molar-refractivity contribution is 5.42. The molecule has 1 spiro atoms. The van der Waals surface area contributed by atoms with Crippen molar-refractivity contribution in [2.24, 2.45) is 0 Å². The molecule has 5 rings (SSSR count). The lowest BCUT2D eigenvalue weighted by Crippen LogP contribution is -2.46. The van der Waals surface area contributed by atoms with Crippen LogP contribution in [0.2, 0.25) is 0 Å². The Hall–Kier alpha value is -2.18. The molecule has 2 aromatic rings. The van der Waals surface area contributed by atoms with Gasteiger partial charge in [0, 0.05) is 44.7 Å². The van der Waals surface area contributed by atoms with Crippen molar-refractivity contribution >= 4 is 11.9 Å². The highest BCUT2D eigenvalue weighted by atomic mass is 16.5. The number of hydrogen-bond donors (Lipinski definition) is 0. The third-order valence-corrected chi connectivity index (χ3v) is 5.84. The number of hydrogen-bond acceptors (Lipinski definition) is 7. The molecule has 132 valence electrons. The molecule has 3 aliphatic rings. The number of fused-ring (bicyclic) bond motifs is 2. The van der Waals surface area contributed by atoms with Gasteiger partial charge in [-0.3, -0.25) is 0 Å². The van der Waals surface area contributed by atoms with Gasteiger partial charge in [0.1, 0.15) is 0 Å². The zero-order valence-corrected chi connectivity index (χ0v) is 14.9. The van der Waals surface area contributed by atoms with Crippen molar-refractivity contribution in [3.8, 4) is 0 Å². The fraction of sp³-hybridized carbons (Fsp3) is 0.667. The van der Waals surface area contributed by atoms with Crippen LogP contribution in [-0.4, -0.2) is 47.3 Å². The second kappa shape index (κ2) is 5.41. The van der Waals surface area contributed by atoms with Crippen molar-refractivity contribution in [2.45, 2.75) is 49.9 Å². The van der Waals surface area contributed by atoms with Gasteiger partial charge in [0.15, 0.2) is 0 Å². The summed E-state index contributed by atoms with van der Waals surface area (Å²) < 4.78 is 5.48. The monoisotopic (exact) mass is 340 g/mol. The van der Waals surface area contributed by atoms with Crippen LogP contribution in [0.15, 0.2) is 10.7 Å². The Balaban J connectivity index is 1.45. The van der Waals surface area contributed by atoms with Crippen molar-refractivity contribution in [1.29, 1.82) is 0 Å². The third-order valence-electron chi connectivity index (χ3n) is 5.84. The van der Waals surface area contributed by atoms with E-state index in [1.54, 1.807) is 0 Å². The molecule has 7 heteroatoms. The largest absolute Gasteiger partial charge is 0.347 e. The summed E-state index contributed by atoms with van der Waals surface area (Å²) in [6, 6.07) is 0. The van der Waals surface area contributed by atoms with Gasteiger partial charge in [-0.2, -0.15) is 4.98 Å². The van der Waals surface area contributed by atoms with Gasteiger partial charge in [-0.15, -0.1) is 0 Å². The van der Waals surface area contributed by atoms with Crippen LogP contribution in [0, 0.1) is 0 Å². The summed E-state index contributed by atoms with van der Waals surface area (Å²) in [6.45, 7) is 1.92. The molecule has 1 atom stereocenters. The Bertz CT molecular complexity index is 795.